The Kier molecular flexibility index (Phi) is 5.03. The third kappa shape index (κ3) is 4.48. The molecule has 0 aliphatic rings. The number of carboxylic acid groups (broad SMARTS) is 1. The number of hydrogen-bond donors (Lipinski definition) is 2. The van der Waals surface area contributed by atoms with Crippen LogP contribution in [-0.4, -0.2) is 28.5 Å². The molecular weight excluding hydrogens is 238 g/mol. The van der Waals surface area contributed by atoms with Crippen LogP contribution in [0.3, 0.4) is 0 Å². The molecule has 0 radical (unpaired) electrons. The van der Waals surface area contributed by atoms with Gasteiger partial charge in [-0.25, -0.2) is 4.79 Å². The molecule has 5 heteroatoms. The zero-order valence-electron chi connectivity index (χ0n) is 9.77. The lowest BCUT2D eigenvalue weighted by Crippen LogP contribution is -2.16. The second-order valence-corrected chi connectivity index (χ2v) is 4.96. The third-order valence-electron chi connectivity index (χ3n) is 2.29. The van der Waals surface area contributed by atoms with Gasteiger partial charge in [0.25, 0.3) is 0 Å². The van der Waals surface area contributed by atoms with Crippen molar-refractivity contribution in [2.24, 2.45) is 0 Å². The summed E-state index contributed by atoms with van der Waals surface area (Å²) in [5, 5.41) is 11.7. The molecule has 0 aromatic heterocycles. The summed E-state index contributed by atoms with van der Waals surface area (Å²) in [6.07, 6.45) is 2.40. The Morgan fingerprint density at radius 2 is 1.94 bits per heavy atom. The van der Waals surface area contributed by atoms with Gasteiger partial charge in [0.15, 0.2) is 0 Å². The highest BCUT2D eigenvalue weighted by atomic mass is 32.2. The molecule has 0 aliphatic carbocycles. The topological polar surface area (TPSA) is 66.4 Å². The molecule has 0 saturated carbocycles. The zero-order valence-corrected chi connectivity index (χ0v) is 10.6. The molecule has 0 aliphatic heterocycles. The van der Waals surface area contributed by atoms with E-state index in [1.807, 2.05) is 13.2 Å². The van der Waals surface area contributed by atoms with Gasteiger partial charge in [0.05, 0.1) is 5.56 Å². The van der Waals surface area contributed by atoms with E-state index in [0.717, 1.165) is 0 Å². The summed E-state index contributed by atoms with van der Waals surface area (Å²) >= 11 is 1.63. The summed E-state index contributed by atoms with van der Waals surface area (Å²) in [5.74, 6) is -1.03. The van der Waals surface area contributed by atoms with E-state index in [2.05, 4.69) is 5.32 Å². The summed E-state index contributed by atoms with van der Waals surface area (Å²) in [4.78, 5) is 22.2. The quantitative estimate of drug-likeness (QED) is 0.846. The number of aromatic carboxylic acids is 1. The molecule has 17 heavy (non-hydrogen) atoms. The molecule has 1 rings (SSSR count). The van der Waals surface area contributed by atoms with Crippen LogP contribution in [0.4, 0.5) is 5.69 Å². The minimum absolute atomic E-state index is 0.0603. The van der Waals surface area contributed by atoms with E-state index < -0.39 is 5.97 Å². The van der Waals surface area contributed by atoms with E-state index >= 15 is 0 Å². The number of rotatable bonds is 5. The summed E-state index contributed by atoms with van der Waals surface area (Å²) in [6, 6.07) is 6.11. The van der Waals surface area contributed by atoms with Gasteiger partial charge < -0.3 is 10.4 Å². The fourth-order valence-electron chi connectivity index (χ4n) is 1.25. The molecule has 1 aromatic rings. The van der Waals surface area contributed by atoms with Crippen molar-refractivity contribution >= 4 is 29.3 Å². The maximum absolute atomic E-state index is 11.6. The number of carbonyl (C=O) groups is 2. The molecule has 4 nitrogen and oxygen atoms in total. The minimum Gasteiger partial charge on any atom is -0.478 e. The van der Waals surface area contributed by atoms with E-state index in [-0.39, 0.29) is 16.7 Å². The molecule has 1 amide bonds. The Bertz CT molecular complexity index is 403. The maximum Gasteiger partial charge on any atom is 0.335 e. The van der Waals surface area contributed by atoms with Crippen molar-refractivity contribution in [1.29, 1.82) is 0 Å². The second kappa shape index (κ2) is 6.30. The third-order valence-corrected chi connectivity index (χ3v) is 3.26. The molecule has 1 aromatic carbocycles. The molecule has 92 valence electrons. The number of anilines is 1. The number of thioether (sulfide) groups is 1. The number of carbonyl (C=O) groups excluding carboxylic acids is 1. The summed E-state index contributed by atoms with van der Waals surface area (Å²) in [7, 11) is 0. The van der Waals surface area contributed by atoms with Crippen LogP contribution < -0.4 is 5.32 Å². The van der Waals surface area contributed by atoms with Crippen molar-refractivity contribution in [3.63, 3.8) is 0 Å². The molecule has 0 fully saturated rings. The van der Waals surface area contributed by atoms with Crippen LogP contribution in [0.1, 0.15) is 23.7 Å². The van der Waals surface area contributed by atoms with Crippen molar-refractivity contribution in [3.8, 4) is 0 Å². The van der Waals surface area contributed by atoms with Crippen LogP contribution in [0, 0.1) is 0 Å². The number of carboxylic acids is 1. The molecule has 0 bridgehead atoms. The van der Waals surface area contributed by atoms with Gasteiger partial charge in [-0.1, -0.05) is 6.92 Å². The molecular formula is C12H15NO3S. The Balaban J connectivity index is 2.57. The lowest BCUT2D eigenvalue weighted by atomic mass is 10.2. The normalized spacial score (nSPS) is 11.9. The summed E-state index contributed by atoms with van der Waals surface area (Å²) < 4.78 is 0. The van der Waals surface area contributed by atoms with E-state index in [0.29, 0.717) is 12.1 Å². The van der Waals surface area contributed by atoms with Gasteiger partial charge in [-0.2, -0.15) is 11.8 Å². The van der Waals surface area contributed by atoms with E-state index in [1.165, 1.54) is 12.1 Å². The van der Waals surface area contributed by atoms with E-state index in [1.54, 1.807) is 23.9 Å². The van der Waals surface area contributed by atoms with Crippen molar-refractivity contribution in [1.82, 2.24) is 0 Å². The Morgan fingerprint density at radius 3 is 2.41 bits per heavy atom. The van der Waals surface area contributed by atoms with Gasteiger partial charge in [0.2, 0.25) is 5.91 Å². The van der Waals surface area contributed by atoms with Crippen LogP contribution in [0.15, 0.2) is 24.3 Å². The Labute approximate surface area is 104 Å². The van der Waals surface area contributed by atoms with Gasteiger partial charge in [0.1, 0.15) is 0 Å². The van der Waals surface area contributed by atoms with Crippen molar-refractivity contribution in [2.75, 3.05) is 11.6 Å². The Hall–Kier alpha value is -1.49. The highest BCUT2D eigenvalue weighted by molar-refractivity contribution is 7.99. The van der Waals surface area contributed by atoms with Crippen molar-refractivity contribution in [3.05, 3.63) is 29.8 Å². The minimum atomic E-state index is -0.973. The van der Waals surface area contributed by atoms with Crippen LogP contribution in [0.25, 0.3) is 0 Å². The first kappa shape index (κ1) is 13.6. The molecule has 0 heterocycles. The van der Waals surface area contributed by atoms with Gasteiger partial charge in [0, 0.05) is 17.4 Å². The predicted molar refractivity (Wildman–Crippen MR) is 69.6 cm³/mol. The zero-order chi connectivity index (χ0) is 12.8. The van der Waals surface area contributed by atoms with Crippen LogP contribution in [0.2, 0.25) is 0 Å². The fraction of sp³-hybridized carbons (Fsp3) is 0.333. The smallest absolute Gasteiger partial charge is 0.335 e. The highest BCUT2D eigenvalue weighted by Crippen LogP contribution is 2.13. The van der Waals surface area contributed by atoms with Gasteiger partial charge in [-0.3, -0.25) is 4.79 Å². The SMILES string of the molecule is CSC(C)CC(=O)Nc1ccc(C(=O)O)cc1. The van der Waals surface area contributed by atoms with Crippen molar-refractivity contribution in [2.45, 2.75) is 18.6 Å². The predicted octanol–water partition coefficient (Wildman–Crippen LogP) is 2.46. The van der Waals surface area contributed by atoms with Gasteiger partial charge >= 0.3 is 5.97 Å². The average molecular weight is 253 g/mol. The van der Waals surface area contributed by atoms with Gasteiger partial charge in [-0.05, 0) is 30.5 Å². The standard InChI is InChI=1S/C12H15NO3S/c1-8(17-2)7-11(14)13-10-5-3-9(4-6-10)12(15)16/h3-6,8H,7H2,1-2H3,(H,13,14)(H,15,16). The Morgan fingerprint density at radius 1 is 1.35 bits per heavy atom. The number of benzene rings is 1. The first-order valence-corrected chi connectivity index (χ1v) is 6.47. The molecule has 0 saturated heterocycles. The number of nitrogens with one attached hydrogen (secondary N) is 1. The molecule has 1 unspecified atom stereocenters. The number of hydrogen-bond acceptors (Lipinski definition) is 3. The molecule has 0 spiro atoms. The van der Waals surface area contributed by atoms with Crippen LogP contribution in [0.5, 0.6) is 0 Å². The molecule has 2 N–H and O–H groups in total. The lowest BCUT2D eigenvalue weighted by Gasteiger charge is -2.09. The monoisotopic (exact) mass is 253 g/mol. The molecule has 1 atom stereocenters. The van der Waals surface area contributed by atoms with E-state index in [4.69, 9.17) is 5.11 Å². The average Bonchev–Trinajstić information content (AvgIpc) is 2.29. The first-order valence-electron chi connectivity index (χ1n) is 5.19. The maximum atomic E-state index is 11.6. The van der Waals surface area contributed by atoms with E-state index in [9.17, 15) is 9.59 Å². The lowest BCUT2D eigenvalue weighted by molar-refractivity contribution is -0.116. The van der Waals surface area contributed by atoms with Gasteiger partial charge in [-0.15, -0.1) is 0 Å². The van der Waals surface area contributed by atoms with Crippen molar-refractivity contribution < 1.29 is 14.7 Å². The van der Waals surface area contributed by atoms with Crippen LogP contribution >= 0.6 is 11.8 Å². The fourth-order valence-corrected chi connectivity index (χ4v) is 1.57. The number of amides is 1. The highest BCUT2D eigenvalue weighted by Gasteiger charge is 2.08. The van der Waals surface area contributed by atoms with Crippen LogP contribution in [-0.2, 0) is 4.79 Å². The largest absolute Gasteiger partial charge is 0.478 e. The summed E-state index contributed by atoms with van der Waals surface area (Å²) in [5.41, 5.74) is 0.828. The second-order valence-electron chi connectivity index (χ2n) is 3.68. The summed E-state index contributed by atoms with van der Waals surface area (Å²) in [6.45, 7) is 1.98. The first-order chi connectivity index (χ1) is 8.02.